The van der Waals surface area contributed by atoms with E-state index in [1.807, 2.05) is 6.07 Å². The van der Waals surface area contributed by atoms with Crippen LogP contribution >= 0.6 is 15.9 Å². The number of carbonyl (C=O) groups excluding carboxylic acids is 1. The van der Waals surface area contributed by atoms with Gasteiger partial charge in [0.05, 0.1) is 0 Å². The first-order valence-electron chi connectivity index (χ1n) is 5.22. The Balaban J connectivity index is 2.94. The van der Waals surface area contributed by atoms with E-state index in [0.717, 1.165) is 10.0 Å². The Hall–Kier alpha value is -0.830. The molecule has 3 heteroatoms. The molecule has 0 heterocycles. The molecule has 16 heavy (non-hydrogen) atoms. The molecule has 0 aliphatic carbocycles. The fourth-order valence-electron chi connectivity index (χ4n) is 1.35. The quantitative estimate of drug-likeness (QED) is 0.772. The summed E-state index contributed by atoms with van der Waals surface area (Å²) in [5.74, 6) is -0.253. The first-order chi connectivity index (χ1) is 7.29. The molecule has 0 saturated heterocycles. The van der Waals surface area contributed by atoms with Gasteiger partial charge in [0.15, 0.2) is 0 Å². The van der Waals surface area contributed by atoms with Crippen LogP contribution < -0.4 is 0 Å². The van der Waals surface area contributed by atoms with Gasteiger partial charge in [-0.2, -0.15) is 0 Å². The van der Waals surface area contributed by atoms with Crippen molar-refractivity contribution < 1.29 is 9.53 Å². The Morgan fingerprint density at radius 1 is 1.31 bits per heavy atom. The van der Waals surface area contributed by atoms with Gasteiger partial charge in [-0.25, -0.2) is 0 Å². The molecule has 2 nitrogen and oxygen atoms in total. The first kappa shape index (κ1) is 13.2. The normalized spacial score (nSPS) is 11.3. The van der Waals surface area contributed by atoms with Crippen LogP contribution in [0.15, 0.2) is 22.7 Å². The van der Waals surface area contributed by atoms with Crippen molar-refractivity contribution in [3.63, 3.8) is 0 Å². The van der Waals surface area contributed by atoms with Crippen LogP contribution in [0.25, 0.3) is 0 Å². The van der Waals surface area contributed by atoms with E-state index in [1.165, 1.54) is 12.5 Å². The highest BCUT2D eigenvalue weighted by atomic mass is 79.9. The van der Waals surface area contributed by atoms with Crippen LogP contribution in [-0.2, 0) is 21.6 Å². The Bertz CT molecular complexity index is 391. The van der Waals surface area contributed by atoms with E-state index in [9.17, 15) is 4.79 Å². The van der Waals surface area contributed by atoms with Crippen LogP contribution in [-0.4, -0.2) is 5.97 Å². The Morgan fingerprint density at radius 2 is 1.94 bits per heavy atom. The number of esters is 1. The number of hydrogen-bond acceptors (Lipinski definition) is 2. The third-order valence-electron chi connectivity index (χ3n) is 2.27. The van der Waals surface area contributed by atoms with E-state index in [2.05, 4.69) is 48.8 Å². The number of carbonyl (C=O) groups is 1. The molecule has 0 aromatic heterocycles. The summed E-state index contributed by atoms with van der Waals surface area (Å²) in [6, 6.07) is 6.14. The van der Waals surface area contributed by atoms with Crippen LogP contribution in [0.1, 0.15) is 38.8 Å². The van der Waals surface area contributed by atoms with Crippen molar-refractivity contribution in [2.24, 2.45) is 0 Å². The maximum atomic E-state index is 10.7. The molecule has 1 rings (SSSR count). The fraction of sp³-hybridized carbons (Fsp3) is 0.462. The topological polar surface area (TPSA) is 26.3 Å². The van der Waals surface area contributed by atoms with E-state index >= 15 is 0 Å². The molecule has 0 amide bonds. The summed E-state index contributed by atoms with van der Waals surface area (Å²) in [5.41, 5.74) is 2.33. The number of hydrogen-bond donors (Lipinski definition) is 0. The van der Waals surface area contributed by atoms with E-state index < -0.39 is 0 Å². The summed E-state index contributed by atoms with van der Waals surface area (Å²) in [6.07, 6.45) is 0. The highest BCUT2D eigenvalue weighted by Crippen LogP contribution is 2.27. The van der Waals surface area contributed by atoms with Crippen LogP contribution in [0, 0.1) is 0 Å². The van der Waals surface area contributed by atoms with Gasteiger partial charge in [-0.3, -0.25) is 4.79 Å². The van der Waals surface area contributed by atoms with Crippen molar-refractivity contribution in [2.75, 3.05) is 0 Å². The van der Waals surface area contributed by atoms with Crippen LogP contribution in [0.3, 0.4) is 0 Å². The van der Waals surface area contributed by atoms with Gasteiger partial charge in [0.1, 0.15) is 6.61 Å². The summed E-state index contributed by atoms with van der Waals surface area (Å²) in [6.45, 7) is 8.22. The van der Waals surface area contributed by atoms with Crippen molar-refractivity contribution in [3.8, 4) is 0 Å². The molecule has 0 aliphatic rings. The summed E-state index contributed by atoms with van der Waals surface area (Å²) >= 11 is 3.47. The zero-order valence-electron chi connectivity index (χ0n) is 10.1. The van der Waals surface area contributed by atoms with Gasteiger partial charge in [0.25, 0.3) is 0 Å². The van der Waals surface area contributed by atoms with Crippen molar-refractivity contribution in [1.82, 2.24) is 0 Å². The minimum atomic E-state index is -0.253. The molecule has 0 N–H and O–H groups in total. The lowest BCUT2D eigenvalue weighted by Crippen LogP contribution is -2.12. The SMILES string of the molecule is CC(=O)OCc1cc(Br)cc(C(C)(C)C)c1. The van der Waals surface area contributed by atoms with Gasteiger partial charge in [0, 0.05) is 11.4 Å². The van der Waals surface area contributed by atoms with Gasteiger partial charge in [-0.15, -0.1) is 0 Å². The second-order valence-electron chi connectivity index (χ2n) is 4.88. The Kier molecular flexibility index (Phi) is 4.14. The smallest absolute Gasteiger partial charge is 0.302 e. The summed E-state index contributed by atoms with van der Waals surface area (Å²) in [5, 5.41) is 0. The highest BCUT2D eigenvalue weighted by molar-refractivity contribution is 9.10. The number of ether oxygens (including phenoxy) is 1. The lowest BCUT2D eigenvalue weighted by atomic mass is 9.86. The summed E-state index contributed by atoms with van der Waals surface area (Å²) in [4.78, 5) is 10.7. The van der Waals surface area contributed by atoms with Crippen LogP contribution in [0.5, 0.6) is 0 Å². The third-order valence-corrected chi connectivity index (χ3v) is 2.72. The summed E-state index contributed by atoms with van der Waals surface area (Å²) in [7, 11) is 0. The predicted octanol–water partition coefficient (Wildman–Crippen LogP) is 3.81. The average Bonchev–Trinajstić information content (AvgIpc) is 2.12. The first-order valence-corrected chi connectivity index (χ1v) is 6.01. The fourth-order valence-corrected chi connectivity index (χ4v) is 1.89. The molecular weight excluding hydrogens is 268 g/mol. The van der Waals surface area contributed by atoms with Gasteiger partial charge in [-0.05, 0) is 28.7 Å². The molecule has 0 atom stereocenters. The third kappa shape index (κ3) is 3.97. The second-order valence-corrected chi connectivity index (χ2v) is 5.79. The number of benzene rings is 1. The van der Waals surface area contributed by atoms with Gasteiger partial charge < -0.3 is 4.74 Å². The minimum Gasteiger partial charge on any atom is -0.461 e. The molecule has 0 spiro atoms. The monoisotopic (exact) mass is 284 g/mol. The zero-order chi connectivity index (χ0) is 12.3. The second kappa shape index (κ2) is 5.00. The van der Waals surface area contributed by atoms with E-state index in [1.54, 1.807) is 0 Å². The van der Waals surface area contributed by atoms with Gasteiger partial charge in [0.2, 0.25) is 0 Å². The van der Waals surface area contributed by atoms with Crippen molar-refractivity contribution >= 4 is 21.9 Å². The molecule has 1 aromatic carbocycles. The molecule has 0 bridgehead atoms. The van der Waals surface area contributed by atoms with Crippen molar-refractivity contribution in [1.29, 1.82) is 0 Å². The average molecular weight is 285 g/mol. The minimum absolute atomic E-state index is 0.0920. The van der Waals surface area contributed by atoms with Crippen LogP contribution in [0.4, 0.5) is 0 Å². The largest absolute Gasteiger partial charge is 0.461 e. The van der Waals surface area contributed by atoms with E-state index in [4.69, 9.17) is 4.74 Å². The predicted molar refractivity (Wildman–Crippen MR) is 68.3 cm³/mol. The highest BCUT2D eigenvalue weighted by Gasteiger charge is 2.15. The standard InChI is InChI=1S/C13H17BrO2/c1-9(15)16-8-10-5-11(13(2,3)4)7-12(14)6-10/h5-7H,8H2,1-4H3. The molecule has 0 fully saturated rings. The molecular formula is C13H17BrO2. The maximum Gasteiger partial charge on any atom is 0.302 e. The van der Waals surface area contributed by atoms with E-state index in [0.29, 0.717) is 6.61 Å². The van der Waals surface area contributed by atoms with Crippen LogP contribution in [0.2, 0.25) is 0 Å². The maximum absolute atomic E-state index is 10.7. The van der Waals surface area contributed by atoms with Gasteiger partial charge in [-0.1, -0.05) is 42.8 Å². The molecule has 88 valence electrons. The molecule has 0 saturated carbocycles. The molecule has 1 aromatic rings. The Morgan fingerprint density at radius 3 is 2.44 bits per heavy atom. The molecule has 0 aliphatic heterocycles. The number of rotatable bonds is 2. The van der Waals surface area contributed by atoms with Crippen molar-refractivity contribution in [3.05, 3.63) is 33.8 Å². The van der Waals surface area contributed by atoms with Crippen molar-refractivity contribution in [2.45, 2.75) is 39.7 Å². The summed E-state index contributed by atoms with van der Waals surface area (Å²) < 4.78 is 6.01. The molecule has 0 unspecified atom stereocenters. The number of halogens is 1. The van der Waals surface area contributed by atoms with Gasteiger partial charge >= 0.3 is 5.97 Å². The molecule has 0 radical (unpaired) electrons. The zero-order valence-corrected chi connectivity index (χ0v) is 11.7. The lowest BCUT2D eigenvalue weighted by Gasteiger charge is -2.20. The lowest BCUT2D eigenvalue weighted by molar-refractivity contribution is -0.142. The Labute approximate surface area is 105 Å². The van der Waals surface area contributed by atoms with E-state index in [-0.39, 0.29) is 11.4 Å².